The van der Waals surface area contributed by atoms with Gasteiger partial charge in [0.2, 0.25) is 11.8 Å². The van der Waals surface area contributed by atoms with E-state index in [4.69, 9.17) is 9.72 Å². The Bertz CT molecular complexity index is 1870. The molecule has 47 heavy (non-hydrogen) atoms. The summed E-state index contributed by atoms with van der Waals surface area (Å²) in [6.45, 7) is 6.94. The fourth-order valence-corrected chi connectivity index (χ4v) is 6.76. The van der Waals surface area contributed by atoms with Crippen LogP contribution in [0.1, 0.15) is 64.8 Å². The van der Waals surface area contributed by atoms with Crippen molar-refractivity contribution in [3.8, 4) is 17.5 Å². The minimum absolute atomic E-state index is 0.0598. The van der Waals surface area contributed by atoms with Crippen molar-refractivity contribution < 1.29 is 22.7 Å². The number of rotatable bonds is 6. The monoisotopic (exact) mass is 713 g/mol. The summed E-state index contributed by atoms with van der Waals surface area (Å²) in [6.07, 6.45) is 0.511. The average molecular weight is 715 g/mol. The Morgan fingerprint density at radius 3 is 2.57 bits per heavy atom. The van der Waals surface area contributed by atoms with Gasteiger partial charge in [0.05, 0.1) is 35.4 Å². The molecular weight excluding hydrogens is 679 g/mol. The molecule has 5 heterocycles. The van der Waals surface area contributed by atoms with E-state index in [9.17, 15) is 22.8 Å². The molecule has 3 aromatic heterocycles. The number of fused-ring (bicyclic) bond motifs is 1. The van der Waals surface area contributed by atoms with Crippen molar-refractivity contribution >= 4 is 21.8 Å². The van der Waals surface area contributed by atoms with Gasteiger partial charge in [-0.25, -0.2) is 19.2 Å². The largest absolute Gasteiger partial charge is 0.476 e. The molecule has 0 N–H and O–H groups in total. The summed E-state index contributed by atoms with van der Waals surface area (Å²) in [5.74, 6) is 0.0753. The van der Waals surface area contributed by atoms with E-state index in [0.29, 0.717) is 35.5 Å². The van der Waals surface area contributed by atoms with E-state index in [-0.39, 0.29) is 34.5 Å². The number of carbonyl (C=O) groups is 1. The Hall–Kier alpha value is -4.04. The van der Waals surface area contributed by atoms with Crippen molar-refractivity contribution in [2.24, 2.45) is 0 Å². The van der Waals surface area contributed by atoms with E-state index in [1.54, 1.807) is 29.9 Å². The smallest absolute Gasteiger partial charge is 0.417 e. The van der Waals surface area contributed by atoms with Crippen LogP contribution in [-0.2, 0) is 19.1 Å². The molecule has 2 aliphatic rings. The number of pyridine rings is 1. The summed E-state index contributed by atoms with van der Waals surface area (Å²) in [6, 6.07) is 8.59. The summed E-state index contributed by atoms with van der Waals surface area (Å²) >= 11 is 2.93. The molecule has 1 fully saturated rings. The summed E-state index contributed by atoms with van der Waals surface area (Å²) in [4.78, 5) is 41.0. The van der Waals surface area contributed by atoms with Crippen LogP contribution in [0.25, 0.3) is 11.6 Å². The van der Waals surface area contributed by atoms with Gasteiger partial charge in [-0.15, -0.1) is 0 Å². The first-order valence-corrected chi connectivity index (χ1v) is 16.3. The number of hydrogen-bond donors (Lipinski definition) is 0. The topological polar surface area (TPSA) is 98.4 Å². The molecule has 1 aromatic carbocycles. The molecule has 14 heteroatoms. The first-order chi connectivity index (χ1) is 22.3. The normalized spacial score (nSPS) is 18.7. The number of carbonyl (C=O) groups excluding carboxylic acids is 1. The lowest BCUT2D eigenvalue weighted by Crippen LogP contribution is -2.46. The maximum Gasteiger partial charge on any atom is 0.417 e. The van der Waals surface area contributed by atoms with Crippen molar-refractivity contribution in [3.05, 3.63) is 91.2 Å². The molecule has 2 aliphatic heterocycles. The first-order valence-electron chi connectivity index (χ1n) is 15.5. The summed E-state index contributed by atoms with van der Waals surface area (Å²) in [5, 5.41) is 4.57. The number of ether oxygens (including phenoxy) is 1. The highest BCUT2D eigenvalue weighted by molar-refractivity contribution is 9.10. The fourth-order valence-electron chi connectivity index (χ4n) is 6.29. The first kappa shape index (κ1) is 32.9. The van der Waals surface area contributed by atoms with Crippen molar-refractivity contribution in [1.82, 2.24) is 34.1 Å². The zero-order valence-electron chi connectivity index (χ0n) is 26.5. The van der Waals surface area contributed by atoms with E-state index in [0.717, 1.165) is 30.4 Å². The molecule has 0 saturated carbocycles. The number of likely N-dealkylation sites (N-methyl/N-ethyl adjacent to an activating group) is 1. The molecule has 248 valence electrons. The SMILES string of the molecule is Cc1cc(C)n(-c2nc3c(c(=O)n2-c2ccc(OCC4CCCCN4C)nc2)C[C@@H](C)N(C(=O)c2ccc(Br)c(C(F)(F)F)c2)C3)n1. The lowest BCUT2D eigenvalue weighted by Gasteiger charge is -2.34. The van der Waals surface area contributed by atoms with Crippen LogP contribution in [0.3, 0.4) is 0 Å². The van der Waals surface area contributed by atoms with Gasteiger partial charge < -0.3 is 14.5 Å². The highest BCUT2D eigenvalue weighted by Crippen LogP contribution is 2.36. The fraction of sp³-hybridized carbons (Fsp3) is 0.424. The number of benzene rings is 1. The number of hydrogen-bond acceptors (Lipinski definition) is 7. The second kappa shape index (κ2) is 12.9. The van der Waals surface area contributed by atoms with Crippen molar-refractivity contribution in [2.75, 3.05) is 20.2 Å². The minimum Gasteiger partial charge on any atom is -0.476 e. The van der Waals surface area contributed by atoms with Gasteiger partial charge in [0.25, 0.3) is 11.5 Å². The second-order valence-corrected chi connectivity index (χ2v) is 13.1. The van der Waals surface area contributed by atoms with Gasteiger partial charge in [0.15, 0.2) is 0 Å². The zero-order chi connectivity index (χ0) is 33.6. The van der Waals surface area contributed by atoms with Gasteiger partial charge in [-0.2, -0.15) is 18.3 Å². The predicted octanol–water partition coefficient (Wildman–Crippen LogP) is 5.66. The highest BCUT2D eigenvalue weighted by Gasteiger charge is 2.36. The number of alkyl halides is 3. The number of nitrogens with zero attached hydrogens (tertiary/aromatic N) is 7. The van der Waals surface area contributed by atoms with Crippen LogP contribution in [0.4, 0.5) is 13.2 Å². The maximum atomic E-state index is 14.2. The molecule has 0 spiro atoms. The number of amides is 1. The molecule has 2 atom stereocenters. The molecule has 0 bridgehead atoms. The standard InChI is InChI=1S/C33H35BrF3N7O3/c1-19-13-21(3)44(40-19)32-39-28-17-42(30(45)22-8-10-27(34)26(15-22)33(35,36)37)20(2)14-25(28)31(46)43(32)23-9-11-29(38-16-23)47-18-24-7-5-6-12-41(24)4/h8-11,13,15-16,20,24H,5-7,12,14,17-18H2,1-4H3/t20-,24?/m1/s1. The minimum atomic E-state index is -4.64. The van der Waals surface area contributed by atoms with Gasteiger partial charge >= 0.3 is 6.18 Å². The van der Waals surface area contributed by atoms with Crippen LogP contribution in [0.15, 0.2) is 51.9 Å². The van der Waals surface area contributed by atoms with Crippen molar-refractivity contribution in [3.63, 3.8) is 0 Å². The van der Waals surface area contributed by atoms with E-state index >= 15 is 0 Å². The molecule has 0 radical (unpaired) electrons. The van der Waals surface area contributed by atoms with Crippen LogP contribution in [0, 0.1) is 13.8 Å². The Morgan fingerprint density at radius 1 is 1.13 bits per heavy atom. The number of halogens is 4. The van der Waals surface area contributed by atoms with Crippen LogP contribution in [0.2, 0.25) is 0 Å². The molecule has 1 saturated heterocycles. The Labute approximate surface area is 278 Å². The van der Waals surface area contributed by atoms with Crippen LogP contribution >= 0.6 is 15.9 Å². The second-order valence-electron chi connectivity index (χ2n) is 12.3. The average Bonchev–Trinajstić information content (AvgIpc) is 3.37. The van der Waals surface area contributed by atoms with Gasteiger partial charge in [0.1, 0.15) is 6.61 Å². The van der Waals surface area contributed by atoms with E-state index in [1.807, 2.05) is 19.9 Å². The van der Waals surface area contributed by atoms with Crippen LogP contribution < -0.4 is 10.3 Å². The summed E-state index contributed by atoms with van der Waals surface area (Å²) in [7, 11) is 2.10. The van der Waals surface area contributed by atoms with Crippen molar-refractivity contribution in [2.45, 2.75) is 71.3 Å². The number of piperidine rings is 1. The lowest BCUT2D eigenvalue weighted by atomic mass is 9.98. The number of likely N-dealkylation sites (tertiary alicyclic amines) is 1. The van der Waals surface area contributed by atoms with Gasteiger partial charge in [-0.1, -0.05) is 22.4 Å². The summed E-state index contributed by atoms with van der Waals surface area (Å²) < 4.78 is 49.7. The van der Waals surface area contributed by atoms with Gasteiger partial charge in [-0.05, 0) is 84.0 Å². The molecular formula is C33H35BrF3N7O3. The maximum absolute atomic E-state index is 14.2. The molecule has 0 aliphatic carbocycles. The number of aryl methyl sites for hydroxylation is 2. The van der Waals surface area contributed by atoms with E-state index in [2.05, 4.69) is 38.0 Å². The van der Waals surface area contributed by atoms with E-state index in [1.165, 1.54) is 34.4 Å². The third kappa shape index (κ3) is 6.57. The van der Waals surface area contributed by atoms with E-state index < -0.39 is 23.7 Å². The molecule has 1 amide bonds. The Morgan fingerprint density at radius 2 is 1.91 bits per heavy atom. The zero-order valence-corrected chi connectivity index (χ0v) is 28.1. The highest BCUT2D eigenvalue weighted by atomic mass is 79.9. The predicted molar refractivity (Wildman–Crippen MR) is 172 cm³/mol. The Kier molecular flexibility index (Phi) is 9.00. The third-order valence-electron chi connectivity index (χ3n) is 8.90. The lowest BCUT2D eigenvalue weighted by molar-refractivity contribution is -0.138. The molecule has 1 unspecified atom stereocenters. The van der Waals surface area contributed by atoms with Crippen molar-refractivity contribution in [1.29, 1.82) is 0 Å². The molecule has 6 rings (SSSR count). The van der Waals surface area contributed by atoms with Crippen LogP contribution in [0.5, 0.6) is 5.88 Å². The van der Waals surface area contributed by atoms with Gasteiger partial charge in [0, 0.05) is 39.4 Å². The van der Waals surface area contributed by atoms with Crippen LogP contribution in [-0.4, -0.2) is 72.3 Å². The third-order valence-corrected chi connectivity index (χ3v) is 9.59. The summed E-state index contributed by atoms with van der Waals surface area (Å²) in [5.41, 5.74) is 1.32. The van der Waals surface area contributed by atoms with Gasteiger partial charge in [-0.3, -0.25) is 9.59 Å². The quantitative estimate of drug-likeness (QED) is 0.254. The Balaban J connectivity index is 1.35. The number of aromatic nitrogens is 5. The molecule has 10 nitrogen and oxygen atoms in total. The molecule has 4 aromatic rings.